The number of rotatable bonds is 4. The van der Waals surface area contributed by atoms with Crippen LogP contribution in [-0.4, -0.2) is 19.9 Å². The maximum atomic E-state index is 11.9. The zero-order chi connectivity index (χ0) is 13.3. The molecular formula is C9H12ClN3O2S2. The minimum Gasteiger partial charge on any atom is -0.229 e. The molecule has 0 aliphatic heterocycles. The molecule has 5 nitrogen and oxygen atoms in total. The zero-order valence-electron chi connectivity index (χ0n) is 9.61. The van der Waals surface area contributed by atoms with Crippen molar-refractivity contribution in [2.75, 3.05) is 6.54 Å². The lowest BCUT2D eigenvalue weighted by Gasteiger charge is -2.15. The van der Waals surface area contributed by atoms with Crippen LogP contribution in [0.5, 0.6) is 0 Å². The van der Waals surface area contributed by atoms with Gasteiger partial charge in [-0.25, -0.2) is 18.1 Å². The maximum absolute atomic E-state index is 11.9. The van der Waals surface area contributed by atoms with Crippen molar-refractivity contribution in [2.45, 2.75) is 25.0 Å². The third-order valence-corrected chi connectivity index (χ3v) is 5.25. The molecule has 8 heteroatoms. The molecule has 1 rings (SSSR count). The molecular weight excluding hydrogens is 282 g/mol. The van der Waals surface area contributed by atoms with Gasteiger partial charge in [0.15, 0.2) is 8.68 Å². The Morgan fingerprint density at radius 1 is 1.59 bits per heavy atom. The first-order chi connectivity index (χ1) is 7.68. The highest BCUT2D eigenvalue weighted by Gasteiger charge is 2.25. The Balaban J connectivity index is 2.92. The molecule has 1 heterocycles. The van der Waals surface area contributed by atoms with Crippen LogP contribution in [0.15, 0.2) is 4.21 Å². The van der Waals surface area contributed by atoms with E-state index < -0.39 is 15.4 Å². The molecule has 0 spiro atoms. The summed E-state index contributed by atoms with van der Waals surface area (Å²) in [7, 11) is -3.64. The lowest BCUT2D eigenvalue weighted by molar-refractivity contribution is 0.479. The molecule has 94 valence electrons. The van der Waals surface area contributed by atoms with Crippen LogP contribution in [0.4, 0.5) is 0 Å². The van der Waals surface area contributed by atoms with Crippen LogP contribution in [-0.2, 0) is 10.0 Å². The third-order valence-electron chi connectivity index (χ3n) is 1.98. The highest BCUT2D eigenvalue weighted by molar-refractivity contribution is 7.91. The van der Waals surface area contributed by atoms with Crippen molar-refractivity contribution in [3.8, 4) is 6.07 Å². The van der Waals surface area contributed by atoms with Gasteiger partial charge in [-0.05, 0) is 20.8 Å². The van der Waals surface area contributed by atoms with Crippen LogP contribution < -0.4 is 4.72 Å². The van der Waals surface area contributed by atoms with E-state index in [0.717, 1.165) is 11.3 Å². The Morgan fingerprint density at radius 3 is 2.59 bits per heavy atom. The van der Waals surface area contributed by atoms with Gasteiger partial charge in [-0.2, -0.15) is 5.26 Å². The quantitative estimate of drug-likeness (QED) is 0.919. The van der Waals surface area contributed by atoms with E-state index in [1.807, 2.05) is 6.07 Å². The van der Waals surface area contributed by atoms with Gasteiger partial charge in [0.05, 0.1) is 17.2 Å². The molecule has 0 aliphatic carbocycles. The van der Waals surface area contributed by atoms with E-state index in [9.17, 15) is 8.42 Å². The Hall–Kier alpha value is -0.680. The fraction of sp³-hybridized carbons (Fsp3) is 0.556. The summed E-state index contributed by atoms with van der Waals surface area (Å²) in [6.07, 6.45) is 0. The number of halogens is 1. The van der Waals surface area contributed by atoms with E-state index in [0.29, 0.717) is 5.69 Å². The van der Waals surface area contributed by atoms with Crippen molar-refractivity contribution in [1.29, 1.82) is 5.26 Å². The van der Waals surface area contributed by atoms with Gasteiger partial charge in [0.25, 0.3) is 10.0 Å². The number of thiazole rings is 1. The maximum Gasteiger partial charge on any atom is 0.252 e. The van der Waals surface area contributed by atoms with Crippen molar-refractivity contribution in [3.05, 3.63) is 10.2 Å². The second kappa shape index (κ2) is 4.90. The largest absolute Gasteiger partial charge is 0.252 e. The van der Waals surface area contributed by atoms with Crippen molar-refractivity contribution in [3.63, 3.8) is 0 Å². The molecule has 1 N–H and O–H groups in total. The fourth-order valence-corrected chi connectivity index (χ4v) is 3.97. The Kier molecular flexibility index (Phi) is 4.15. The van der Waals surface area contributed by atoms with Gasteiger partial charge in [0, 0.05) is 6.54 Å². The molecule has 0 aromatic carbocycles. The SMILES string of the molecule is Cc1nc(Cl)sc1S(=O)(=O)NCC(C)(C)C#N. The molecule has 0 saturated heterocycles. The number of hydrogen-bond acceptors (Lipinski definition) is 5. The van der Waals surface area contributed by atoms with Gasteiger partial charge in [-0.15, -0.1) is 0 Å². The Bertz CT molecular complexity index is 557. The Labute approximate surface area is 109 Å². The van der Waals surface area contributed by atoms with Gasteiger partial charge in [0.1, 0.15) is 0 Å². The third kappa shape index (κ3) is 3.64. The monoisotopic (exact) mass is 293 g/mol. The predicted molar refractivity (Wildman–Crippen MR) is 66.4 cm³/mol. The van der Waals surface area contributed by atoms with Crippen LogP contribution in [0.3, 0.4) is 0 Å². The van der Waals surface area contributed by atoms with Crippen LogP contribution in [0.25, 0.3) is 0 Å². The normalized spacial score (nSPS) is 12.4. The average Bonchev–Trinajstić information content (AvgIpc) is 2.56. The summed E-state index contributed by atoms with van der Waals surface area (Å²) in [5.74, 6) is 0. The summed E-state index contributed by atoms with van der Waals surface area (Å²) in [6.45, 7) is 4.93. The average molecular weight is 294 g/mol. The van der Waals surface area contributed by atoms with Gasteiger partial charge in [-0.1, -0.05) is 22.9 Å². The summed E-state index contributed by atoms with van der Waals surface area (Å²) in [4.78, 5) is 3.84. The molecule has 1 aromatic heterocycles. The number of aromatic nitrogens is 1. The van der Waals surface area contributed by atoms with Crippen molar-refractivity contribution in [2.24, 2.45) is 5.41 Å². The first-order valence-electron chi connectivity index (χ1n) is 4.72. The van der Waals surface area contributed by atoms with E-state index in [2.05, 4.69) is 9.71 Å². The molecule has 0 unspecified atom stereocenters. The summed E-state index contributed by atoms with van der Waals surface area (Å²) >= 11 is 6.55. The van der Waals surface area contributed by atoms with E-state index >= 15 is 0 Å². The lowest BCUT2D eigenvalue weighted by atomic mass is 9.97. The van der Waals surface area contributed by atoms with Crippen molar-refractivity contribution >= 4 is 33.0 Å². The topological polar surface area (TPSA) is 82.8 Å². The lowest BCUT2D eigenvalue weighted by Crippen LogP contribution is -2.33. The number of nitrogens with one attached hydrogen (secondary N) is 1. The predicted octanol–water partition coefficient (Wildman–Crippen LogP) is 1.93. The van der Waals surface area contributed by atoms with Crippen molar-refractivity contribution in [1.82, 2.24) is 9.71 Å². The molecule has 0 amide bonds. The number of nitriles is 1. The highest BCUT2D eigenvalue weighted by atomic mass is 35.5. The van der Waals surface area contributed by atoms with Crippen LogP contribution in [0.2, 0.25) is 4.47 Å². The first-order valence-corrected chi connectivity index (χ1v) is 7.39. The molecule has 0 radical (unpaired) electrons. The summed E-state index contributed by atoms with van der Waals surface area (Å²) in [5, 5.41) is 8.80. The molecule has 0 bridgehead atoms. The van der Waals surface area contributed by atoms with Crippen LogP contribution in [0.1, 0.15) is 19.5 Å². The van der Waals surface area contributed by atoms with Crippen LogP contribution >= 0.6 is 22.9 Å². The first kappa shape index (κ1) is 14.4. The van der Waals surface area contributed by atoms with Gasteiger partial charge >= 0.3 is 0 Å². The number of sulfonamides is 1. The zero-order valence-corrected chi connectivity index (χ0v) is 12.0. The van der Waals surface area contributed by atoms with E-state index in [-0.39, 0.29) is 15.2 Å². The fourth-order valence-electron chi connectivity index (χ4n) is 0.980. The summed E-state index contributed by atoms with van der Waals surface area (Å²) < 4.78 is 26.5. The molecule has 1 aromatic rings. The molecule has 0 atom stereocenters. The second-order valence-corrected chi connectivity index (χ2v) is 7.70. The van der Waals surface area contributed by atoms with Gasteiger partial charge < -0.3 is 0 Å². The molecule has 17 heavy (non-hydrogen) atoms. The molecule has 0 fully saturated rings. The van der Waals surface area contributed by atoms with E-state index in [1.165, 1.54) is 0 Å². The van der Waals surface area contributed by atoms with Gasteiger partial charge in [-0.3, -0.25) is 0 Å². The minimum absolute atomic E-state index is 0.0425. The Morgan fingerprint density at radius 2 is 2.18 bits per heavy atom. The van der Waals surface area contributed by atoms with E-state index in [4.69, 9.17) is 16.9 Å². The van der Waals surface area contributed by atoms with Crippen LogP contribution in [0, 0.1) is 23.7 Å². The second-order valence-electron chi connectivity index (χ2n) is 4.16. The smallest absolute Gasteiger partial charge is 0.229 e. The summed E-state index contributed by atoms with van der Waals surface area (Å²) in [5.41, 5.74) is -0.391. The van der Waals surface area contributed by atoms with E-state index in [1.54, 1.807) is 20.8 Å². The number of aryl methyl sites for hydroxylation is 1. The molecule has 0 aliphatic rings. The highest BCUT2D eigenvalue weighted by Crippen LogP contribution is 2.26. The molecule has 0 saturated carbocycles. The minimum atomic E-state index is -3.64. The number of hydrogen-bond donors (Lipinski definition) is 1. The van der Waals surface area contributed by atoms with Gasteiger partial charge in [0.2, 0.25) is 0 Å². The van der Waals surface area contributed by atoms with Crippen molar-refractivity contribution < 1.29 is 8.42 Å². The standard InChI is InChI=1S/C9H12ClN3O2S2/c1-6-7(16-8(10)13-6)17(14,15)12-5-9(2,3)4-11/h12H,5H2,1-3H3. The summed E-state index contributed by atoms with van der Waals surface area (Å²) in [6, 6.07) is 2.02. The number of nitrogens with zero attached hydrogens (tertiary/aromatic N) is 2.